The van der Waals surface area contributed by atoms with Gasteiger partial charge in [-0.25, -0.2) is 4.98 Å². The van der Waals surface area contributed by atoms with E-state index < -0.39 is 34.1 Å². The van der Waals surface area contributed by atoms with Gasteiger partial charge in [0.15, 0.2) is 0 Å². The van der Waals surface area contributed by atoms with Gasteiger partial charge < -0.3 is 15.1 Å². The van der Waals surface area contributed by atoms with E-state index in [0.717, 1.165) is 15.4 Å². The Morgan fingerprint density at radius 1 is 1.11 bits per heavy atom. The molecule has 3 amide bonds. The lowest BCUT2D eigenvalue weighted by molar-refractivity contribution is -0.156. The predicted octanol–water partition coefficient (Wildman–Crippen LogP) is 2.18. The van der Waals surface area contributed by atoms with E-state index in [1.807, 2.05) is 27.6 Å². The van der Waals surface area contributed by atoms with Crippen molar-refractivity contribution in [3.05, 3.63) is 58.4 Å². The van der Waals surface area contributed by atoms with Crippen molar-refractivity contribution < 1.29 is 27.4 Å². The Bertz CT molecular complexity index is 1370. The van der Waals surface area contributed by atoms with Crippen LogP contribution in [0, 0.1) is 0 Å². The van der Waals surface area contributed by atoms with Gasteiger partial charge in [0.1, 0.15) is 11.6 Å². The third-order valence-electron chi connectivity index (χ3n) is 5.70. The summed E-state index contributed by atoms with van der Waals surface area (Å²) in [7, 11) is -4.39. The molecule has 14 heteroatoms. The number of nitrogens with one attached hydrogen (secondary N) is 2. The van der Waals surface area contributed by atoms with Crippen molar-refractivity contribution in [2.24, 2.45) is 0 Å². The van der Waals surface area contributed by atoms with E-state index >= 15 is 0 Å². The highest BCUT2D eigenvalue weighted by molar-refractivity contribution is 7.87. The molecule has 37 heavy (non-hydrogen) atoms. The van der Waals surface area contributed by atoms with E-state index in [1.165, 1.54) is 33.3 Å². The first-order chi connectivity index (χ1) is 17.6. The minimum Gasteiger partial charge on any atom is -0.346 e. The predicted molar refractivity (Wildman–Crippen MR) is 140 cm³/mol. The van der Waals surface area contributed by atoms with Gasteiger partial charge in [-0.15, -0.1) is 22.7 Å². The molecule has 4 rings (SSSR count). The SMILES string of the molecule is CCN1CCN(CC(=O)NC(Cc2ccc(NS(=O)(=O)O)cc2)c2csc(-c3cccs3)n2)C(=O)C1=O. The maximum absolute atomic E-state index is 13.0. The van der Waals surface area contributed by atoms with E-state index in [0.29, 0.717) is 25.2 Å². The average molecular weight is 564 g/mol. The van der Waals surface area contributed by atoms with E-state index in [-0.39, 0.29) is 18.8 Å². The molecule has 1 aromatic carbocycles. The molecule has 3 heterocycles. The molecule has 1 aliphatic heterocycles. The van der Waals surface area contributed by atoms with Gasteiger partial charge in [0.2, 0.25) is 5.91 Å². The second kappa shape index (κ2) is 11.4. The monoisotopic (exact) mass is 563 g/mol. The van der Waals surface area contributed by atoms with Crippen LogP contribution in [0.15, 0.2) is 47.2 Å². The van der Waals surface area contributed by atoms with Crippen LogP contribution in [0.4, 0.5) is 5.69 Å². The summed E-state index contributed by atoms with van der Waals surface area (Å²) in [6, 6.07) is 9.69. The first-order valence-corrected chi connectivity index (χ1v) is 14.5. The van der Waals surface area contributed by atoms with Crippen molar-refractivity contribution in [3.8, 4) is 9.88 Å². The third kappa shape index (κ3) is 6.91. The topological polar surface area (TPSA) is 149 Å². The second-order valence-electron chi connectivity index (χ2n) is 8.26. The number of hydrogen-bond acceptors (Lipinski definition) is 8. The molecule has 1 aliphatic rings. The molecule has 0 bridgehead atoms. The van der Waals surface area contributed by atoms with Gasteiger partial charge in [-0.3, -0.25) is 23.7 Å². The van der Waals surface area contributed by atoms with Crippen molar-refractivity contribution in [2.75, 3.05) is 30.9 Å². The summed E-state index contributed by atoms with van der Waals surface area (Å²) in [5, 5.41) is 7.57. The molecular formula is C23H25N5O6S3. The number of likely N-dealkylation sites (N-methyl/N-ethyl adjacent to an activating group) is 1. The number of thiazole rings is 1. The Morgan fingerprint density at radius 2 is 1.81 bits per heavy atom. The Labute approximate surface area is 222 Å². The molecule has 1 atom stereocenters. The summed E-state index contributed by atoms with van der Waals surface area (Å²) in [4.78, 5) is 46.0. The van der Waals surface area contributed by atoms with Gasteiger partial charge in [0.25, 0.3) is 0 Å². The number of benzene rings is 1. The number of piperazine rings is 1. The number of thiophene rings is 1. The molecule has 0 spiro atoms. The van der Waals surface area contributed by atoms with Crippen LogP contribution in [0.25, 0.3) is 9.88 Å². The van der Waals surface area contributed by atoms with Crippen LogP contribution >= 0.6 is 22.7 Å². The first kappa shape index (κ1) is 26.7. The minimum absolute atomic E-state index is 0.190. The molecule has 3 aromatic rings. The molecule has 1 unspecified atom stereocenters. The largest absolute Gasteiger partial charge is 0.357 e. The molecule has 1 saturated heterocycles. The summed E-state index contributed by atoms with van der Waals surface area (Å²) in [5.41, 5.74) is 1.61. The molecule has 196 valence electrons. The number of carbonyl (C=O) groups is 3. The van der Waals surface area contributed by atoms with Crippen LogP contribution in [-0.4, -0.2) is 71.7 Å². The van der Waals surface area contributed by atoms with Crippen LogP contribution in [0.2, 0.25) is 0 Å². The highest BCUT2D eigenvalue weighted by Gasteiger charge is 2.33. The quantitative estimate of drug-likeness (QED) is 0.253. The molecule has 0 aliphatic carbocycles. The van der Waals surface area contributed by atoms with Crippen LogP contribution in [0.3, 0.4) is 0 Å². The van der Waals surface area contributed by atoms with Crippen LogP contribution in [0.1, 0.15) is 24.2 Å². The lowest BCUT2D eigenvalue weighted by Gasteiger charge is -2.33. The summed E-state index contributed by atoms with van der Waals surface area (Å²) >= 11 is 3.00. The van der Waals surface area contributed by atoms with Gasteiger partial charge in [-0.2, -0.15) is 8.42 Å². The summed E-state index contributed by atoms with van der Waals surface area (Å²) in [5.74, 6) is -1.74. The normalized spacial score (nSPS) is 15.1. The molecule has 11 nitrogen and oxygen atoms in total. The Kier molecular flexibility index (Phi) is 8.22. The lowest BCUT2D eigenvalue weighted by atomic mass is 10.0. The number of hydrogen-bond donors (Lipinski definition) is 3. The van der Waals surface area contributed by atoms with Crippen LogP contribution in [0.5, 0.6) is 0 Å². The molecule has 1 fully saturated rings. The van der Waals surface area contributed by atoms with Crippen molar-refractivity contribution >= 4 is 56.4 Å². The van der Waals surface area contributed by atoms with Crippen molar-refractivity contribution in [1.29, 1.82) is 0 Å². The van der Waals surface area contributed by atoms with Crippen molar-refractivity contribution in [3.63, 3.8) is 0 Å². The number of aromatic nitrogens is 1. The lowest BCUT2D eigenvalue weighted by Crippen LogP contribution is -2.56. The summed E-state index contributed by atoms with van der Waals surface area (Å²) in [6.45, 7) is 2.62. The highest BCUT2D eigenvalue weighted by atomic mass is 32.2. The Morgan fingerprint density at radius 3 is 2.46 bits per heavy atom. The van der Waals surface area contributed by atoms with Gasteiger partial charge in [-0.05, 0) is 42.5 Å². The fourth-order valence-electron chi connectivity index (χ4n) is 3.86. The van der Waals surface area contributed by atoms with E-state index in [1.54, 1.807) is 30.4 Å². The molecule has 0 saturated carbocycles. The zero-order valence-electron chi connectivity index (χ0n) is 19.8. The van der Waals surface area contributed by atoms with Crippen LogP contribution < -0.4 is 10.0 Å². The van der Waals surface area contributed by atoms with Crippen LogP contribution in [-0.2, 0) is 31.1 Å². The van der Waals surface area contributed by atoms with E-state index in [2.05, 4.69) is 5.32 Å². The van der Waals surface area contributed by atoms with E-state index in [9.17, 15) is 22.8 Å². The molecular weight excluding hydrogens is 538 g/mol. The minimum atomic E-state index is -4.39. The average Bonchev–Trinajstić information content (AvgIpc) is 3.54. The molecule has 3 N–H and O–H groups in total. The Hall–Kier alpha value is -3.33. The highest BCUT2D eigenvalue weighted by Crippen LogP contribution is 2.31. The van der Waals surface area contributed by atoms with Gasteiger partial charge in [0.05, 0.1) is 22.3 Å². The standard InChI is InChI=1S/C23H25N5O6S3/c1-2-27-9-10-28(23(31)22(27)30)13-20(29)24-17(18-14-36-21(25-18)19-4-3-11-35-19)12-15-5-7-16(8-6-15)26-37(32,33)34/h3-8,11,14,17,26H,2,9-10,12-13H2,1H3,(H,24,29)(H,32,33,34). The number of amides is 3. The number of anilines is 1. The van der Waals surface area contributed by atoms with Crippen molar-refractivity contribution in [1.82, 2.24) is 20.1 Å². The number of carbonyl (C=O) groups excluding carboxylic acids is 3. The maximum atomic E-state index is 13.0. The second-order valence-corrected chi connectivity index (χ2v) is 11.2. The van der Waals surface area contributed by atoms with Gasteiger partial charge in [0, 0.05) is 25.0 Å². The third-order valence-corrected chi connectivity index (χ3v) is 8.09. The zero-order valence-corrected chi connectivity index (χ0v) is 22.2. The molecule has 0 radical (unpaired) electrons. The summed E-state index contributed by atoms with van der Waals surface area (Å²) in [6.07, 6.45) is 0.335. The van der Waals surface area contributed by atoms with Gasteiger partial charge >= 0.3 is 22.1 Å². The maximum Gasteiger partial charge on any atom is 0.357 e. The fourth-order valence-corrected chi connectivity index (χ4v) is 5.99. The number of nitrogens with zero attached hydrogens (tertiary/aromatic N) is 3. The molecule has 2 aromatic heterocycles. The van der Waals surface area contributed by atoms with E-state index in [4.69, 9.17) is 9.54 Å². The fraction of sp³-hybridized carbons (Fsp3) is 0.304. The van der Waals surface area contributed by atoms with Crippen molar-refractivity contribution in [2.45, 2.75) is 19.4 Å². The Balaban J connectivity index is 1.50. The smallest absolute Gasteiger partial charge is 0.346 e. The summed E-state index contributed by atoms with van der Waals surface area (Å²) < 4.78 is 33.1. The number of rotatable bonds is 10. The zero-order chi connectivity index (χ0) is 26.6. The first-order valence-electron chi connectivity index (χ1n) is 11.3. The van der Waals surface area contributed by atoms with Gasteiger partial charge in [-0.1, -0.05) is 18.2 Å².